The molecular formula is C12H13BrN2O2. The van der Waals surface area contributed by atoms with E-state index in [0.717, 1.165) is 12.8 Å². The summed E-state index contributed by atoms with van der Waals surface area (Å²) in [4.78, 5) is 25.3. The minimum absolute atomic E-state index is 0.223. The molecule has 0 aliphatic carbocycles. The van der Waals surface area contributed by atoms with Gasteiger partial charge in [-0.15, -0.1) is 0 Å². The van der Waals surface area contributed by atoms with Crippen molar-refractivity contribution in [1.82, 2.24) is 4.90 Å². The molecule has 90 valence electrons. The summed E-state index contributed by atoms with van der Waals surface area (Å²) in [7, 11) is 0. The van der Waals surface area contributed by atoms with E-state index < -0.39 is 0 Å². The van der Waals surface area contributed by atoms with Crippen molar-refractivity contribution in [3.63, 3.8) is 0 Å². The Morgan fingerprint density at radius 1 is 1.24 bits per heavy atom. The summed E-state index contributed by atoms with van der Waals surface area (Å²) in [5.41, 5.74) is 7.04. The highest BCUT2D eigenvalue weighted by Crippen LogP contribution is 2.30. The summed E-state index contributed by atoms with van der Waals surface area (Å²) in [5, 5.41) is 0. The molecule has 2 N–H and O–H groups in total. The molecular weight excluding hydrogens is 284 g/mol. The van der Waals surface area contributed by atoms with Gasteiger partial charge in [0.25, 0.3) is 11.8 Å². The zero-order chi connectivity index (χ0) is 12.6. The van der Waals surface area contributed by atoms with Crippen LogP contribution in [-0.2, 0) is 0 Å². The zero-order valence-electron chi connectivity index (χ0n) is 9.50. The van der Waals surface area contributed by atoms with Crippen molar-refractivity contribution in [3.8, 4) is 0 Å². The van der Waals surface area contributed by atoms with Crippen LogP contribution >= 0.6 is 15.9 Å². The van der Waals surface area contributed by atoms with Crippen LogP contribution in [0.3, 0.4) is 0 Å². The number of carbonyl (C=O) groups is 2. The molecule has 17 heavy (non-hydrogen) atoms. The van der Waals surface area contributed by atoms with Crippen LogP contribution in [0.2, 0.25) is 0 Å². The highest BCUT2D eigenvalue weighted by molar-refractivity contribution is 9.10. The molecule has 1 heterocycles. The van der Waals surface area contributed by atoms with Crippen molar-refractivity contribution < 1.29 is 9.59 Å². The third-order valence-electron chi connectivity index (χ3n) is 2.82. The van der Waals surface area contributed by atoms with Crippen molar-refractivity contribution in [2.45, 2.75) is 19.8 Å². The Bertz CT molecular complexity index is 459. The summed E-state index contributed by atoms with van der Waals surface area (Å²) >= 11 is 3.26. The van der Waals surface area contributed by atoms with Crippen molar-refractivity contribution >= 4 is 33.4 Å². The van der Waals surface area contributed by atoms with E-state index in [0.29, 0.717) is 27.8 Å². The summed E-state index contributed by atoms with van der Waals surface area (Å²) in [6.07, 6.45) is 1.77. The van der Waals surface area contributed by atoms with Gasteiger partial charge in [-0.25, -0.2) is 0 Å². The van der Waals surface area contributed by atoms with Crippen LogP contribution in [-0.4, -0.2) is 23.3 Å². The molecule has 0 aromatic heterocycles. The van der Waals surface area contributed by atoms with Gasteiger partial charge >= 0.3 is 0 Å². The van der Waals surface area contributed by atoms with Gasteiger partial charge in [0.1, 0.15) is 0 Å². The second kappa shape index (κ2) is 4.49. The number of amides is 2. The highest BCUT2D eigenvalue weighted by atomic mass is 79.9. The van der Waals surface area contributed by atoms with E-state index in [-0.39, 0.29) is 11.8 Å². The van der Waals surface area contributed by atoms with Crippen LogP contribution in [0.1, 0.15) is 40.5 Å². The minimum atomic E-state index is -0.238. The zero-order valence-corrected chi connectivity index (χ0v) is 11.1. The lowest BCUT2D eigenvalue weighted by molar-refractivity contribution is 0.0652. The number of carbonyl (C=O) groups excluding carboxylic acids is 2. The number of hydrogen-bond donors (Lipinski definition) is 1. The van der Waals surface area contributed by atoms with Crippen LogP contribution in [0.5, 0.6) is 0 Å². The molecule has 4 nitrogen and oxygen atoms in total. The molecule has 0 saturated heterocycles. The number of benzene rings is 1. The molecule has 0 radical (unpaired) electrons. The second-order valence-corrected chi connectivity index (χ2v) is 4.89. The van der Waals surface area contributed by atoms with E-state index >= 15 is 0 Å². The maximum absolute atomic E-state index is 12.0. The van der Waals surface area contributed by atoms with Crippen LogP contribution in [0.25, 0.3) is 0 Å². The van der Waals surface area contributed by atoms with Crippen LogP contribution in [0.15, 0.2) is 16.6 Å². The van der Waals surface area contributed by atoms with Crippen LogP contribution in [0, 0.1) is 0 Å². The van der Waals surface area contributed by atoms with Crippen LogP contribution in [0.4, 0.5) is 5.69 Å². The third kappa shape index (κ3) is 1.95. The average Bonchev–Trinajstić information content (AvgIpc) is 2.51. The number of anilines is 1. The molecule has 1 aromatic carbocycles. The molecule has 0 atom stereocenters. The molecule has 1 aliphatic rings. The van der Waals surface area contributed by atoms with E-state index in [1.807, 2.05) is 6.92 Å². The monoisotopic (exact) mass is 296 g/mol. The minimum Gasteiger partial charge on any atom is -0.398 e. The molecule has 0 unspecified atom stereocenters. The fourth-order valence-electron chi connectivity index (χ4n) is 1.85. The van der Waals surface area contributed by atoms with Gasteiger partial charge in [0, 0.05) is 16.7 Å². The number of halogens is 1. The summed E-state index contributed by atoms with van der Waals surface area (Å²) in [6, 6.07) is 3.18. The number of unbranched alkanes of at least 4 members (excludes halogenated alkanes) is 1. The molecule has 0 bridgehead atoms. The lowest BCUT2D eigenvalue weighted by atomic mass is 10.1. The molecule has 5 heteroatoms. The number of hydrogen-bond acceptors (Lipinski definition) is 3. The van der Waals surface area contributed by atoms with Crippen molar-refractivity contribution in [2.75, 3.05) is 12.3 Å². The molecule has 0 spiro atoms. The van der Waals surface area contributed by atoms with Gasteiger partial charge in [-0.1, -0.05) is 13.3 Å². The van der Waals surface area contributed by atoms with E-state index in [1.54, 1.807) is 12.1 Å². The Kier molecular flexibility index (Phi) is 3.19. The van der Waals surface area contributed by atoms with Gasteiger partial charge in [0.2, 0.25) is 0 Å². The molecule has 0 saturated carbocycles. The van der Waals surface area contributed by atoms with Crippen molar-refractivity contribution in [3.05, 3.63) is 27.7 Å². The first-order chi connectivity index (χ1) is 8.06. The van der Waals surface area contributed by atoms with Crippen molar-refractivity contribution in [1.29, 1.82) is 0 Å². The maximum atomic E-state index is 12.0. The smallest absolute Gasteiger partial charge is 0.261 e. The van der Waals surface area contributed by atoms with E-state index in [9.17, 15) is 9.59 Å². The maximum Gasteiger partial charge on any atom is 0.261 e. The largest absolute Gasteiger partial charge is 0.398 e. The second-order valence-electron chi connectivity index (χ2n) is 4.03. The predicted octanol–water partition coefficient (Wildman–Crippen LogP) is 2.43. The fourth-order valence-corrected chi connectivity index (χ4v) is 2.19. The van der Waals surface area contributed by atoms with E-state index in [4.69, 9.17) is 5.73 Å². The standard InChI is InChI=1S/C12H13BrN2O2/c1-2-3-4-15-11(16)7-5-9(13)10(14)6-8(7)12(15)17/h5-6H,2-4,14H2,1H3. The fraction of sp³-hybridized carbons (Fsp3) is 0.333. The topological polar surface area (TPSA) is 63.4 Å². The normalized spacial score (nSPS) is 14.4. The van der Waals surface area contributed by atoms with E-state index in [1.165, 1.54) is 4.90 Å². The summed E-state index contributed by atoms with van der Waals surface area (Å²) < 4.78 is 0.648. The SMILES string of the molecule is CCCCN1C(=O)c2cc(N)c(Br)cc2C1=O. The Balaban J connectivity index is 2.39. The van der Waals surface area contributed by atoms with Gasteiger partial charge < -0.3 is 5.73 Å². The Labute approximate surface area is 108 Å². The molecule has 0 fully saturated rings. The number of rotatable bonds is 3. The molecule has 2 amide bonds. The number of nitrogen functional groups attached to an aromatic ring is 1. The van der Waals surface area contributed by atoms with Gasteiger partial charge in [-0.05, 0) is 34.5 Å². The Morgan fingerprint density at radius 2 is 1.82 bits per heavy atom. The number of nitrogens with two attached hydrogens (primary N) is 1. The lowest BCUT2D eigenvalue weighted by Gasteiger charge is -2.12. The predicted molar refractivity (Wildman–Crippen MR) is 68.8 cm³/mol. The number of imide groups is 1. The van der Waals surface area contributed by atoms with Crippen LogP contribution < -0.4 is 5.73 Å². The van der Waals surface area contributed by atoms with Gasteiger partial charge in [0.05, 0.1) is 11.1 Å². The van der Waals surface area contributed by atoms with Gasteiger partial charge in [0.15, 0.2) is 0 Å². The van der Waals surface area contributed by atoms with Gasteiger partial charge in [-0.2, -0.15) is 0 Å². The van der Waals surface area contributed by atoms with Crippen molar-refractivity contribution in [2.24, 2.45) is 0 Å². The summed E-state index contributed by atoms with van der Waals surface area (Å²) in [6.45, 7) is 2.49. The molecule has 1 aliphatic heterocycles. The summed E-state index contributed by atoms with van der Waals surface area (Å²) in [5.74, 6) is -0.461. The number of fused-ring (bicyclic) bond motifs is 1. The van der Waals surface area contributed by atoms with Gasteiger partial charge in [-0.3, -0.25) is 14.5 Å². The molecule has 2 rings (SSSR count). The first-order valence-corrected chi connectivity index (χ1v) is 6.30. The third-order valence-corrected chi connectivity index (χ3v) is 3.51. The number of nitrogens with zero attached hydrogens (tertiary/aromatic N) is 1. The quantitative estimate of drug-likeness (QED) is 0.688. The Hall–Kier alpha value is -1.36. The van der Waals surface area contributed by atoms with E-state index in [2.05, 4.69) is 15.9 Å². The molecule has 1 aromatic rings. The first kappa shape index (κ1) is 12.1. The first-order valence-electron chi connectivity index (χ1n) is 5.51. The average molecular weight is 297 g/mol. The highest BCUT2D eigenvalue weighted by Gasteiger charge is 2.35. The lowest BCUT2D eigenvalue weighted by Crippen LogP contribution is -2.30. The Morgan fingerprint density at radius 3 is 2.41 bits per heavy atom.